The highest BCUT2D eigenvalue weighted by Gasteiger charge is 2.14. The summed E-state index contributed by atoms with van der Waals surface area (Å²) in [5.41, 5.74) is 1.85. The van der Waals surface area contributed by atoms with Gasteiger partial charge in [-0.05, 0) is 42.9 Å². The van der Waals surface area contributed by atoms with Crippen molar-refractivity contribution in [2.45, 2.75) is 60.0 Å². The van der Waals surface area contributed by atoms with Crippen molar-refractivity contribution in [3.8, 4) is 0 Å². The summed E-state index contributed by atoms with van der Waals surface area (Å²) in [6.45, 7) is 12.6. The minimum absolute atomic E-state index is 0.446. The number of hydrogen-bond donors (Lipinski definition) is 1. The monoisotopic (exact) mass is 250 g/mol. The summed E-state index contributed by atoms with van der Waals surface area (Å²) in [5.74, 6) is 0.625. The van der Waals surface area contributed by atoms with Crippen LogP contribution in [0.25, 0.3) is 0 Å². The van der Waals surface area contributed by atoms with Crippen LogP contribution in [-0.4, -0.2) is 11.6 Å². The Morgan fingerprint density at radius 1 is 1.28 bits per heavy atom. The molecule has 104 valence electrons. The Hall–Kier alpha value is -0.760. The molecule has 0 aliphatic heterocycles. The zero-order valence-electron chi connectivity index (χ0n) is 13.0. The van der Waals surface area contributed by atoms with Gasteiger partial charge in [0.15, 0.2) is 0 Å². The van der Waals surface area contributed by atoms with Crippen LogP contribution in [0.15, 0.2) is 18.5 Å². The Balaban J connectivity index is 2.53. The first kappa shape index (κ1) is 15.3. The van der Waals surface area contributed by atoms with Crippen molar-refractivity contribution < 1.29 is 0 Å². The lowest BCUT2D eigenvalue weighted by molar-refractivity contribution is 0.353. The van der Waals surface area contributed by atoms with Crippen LogP contribution in [-0.2, 0) is 6.54 Å². The van der Waals surface area contributed by atoms with E-state index in [9.17, 15) is 0 Å². The van der Waals surface area contributed by atoms with Crippen LogP contribution < -0.4 is 5.32 Å². The largest absolute Gasteiger partial charge is 0.354 e. The van der Waals surface area contributed by atoms with Crippen molar-refractivity contribution in [1.29, 1.82) is 0 Å². The van der Waals surface area contributed by atoms with E-state index in [2.05, 4.69) is 63.0 Å². The number of aromatic nitrogens is 1. The van der Waals surface area contributed by atoms with Crippen molar-refractivity contribution in [2.24, 2.45) is 11.3 Å². The molecule has 0 bridgehead atoms. The van der Waals surface area contributed by atoms with Gasteiger partial charge in [-0.2, -0.15) is 0 Å². The fourth-order valence-corrected chi connectivity index (χ4v) is 2.46. The molecule has 1 atom stereocenters. The Morgan fingerprint density at radius 2 is 1.94 bits per heavy atom. The second-order valence-corrected chi connectivity index (χ2v) is 6.86. The van der Waals surface area contributed by atoms with E-state index in [1.165, 1.54) is 18.4 Å². The fourth-order valence-electron chi connectivity index (χ4n) is 2.46. The molecule has 1 aromatic heterocycles. The summed E-state index contributed by atoms with van der Waals surface area (Å²) in [4.78, 5) is 0. The van der Waals surface area contributed by atoms with Gasteiger partial charge in [-0.15, -0.1) is 0 Å². The highest BCUT2D eigenvalue weighted by atomic mass is 15.0. The number of aryl methyl sites for hydroxylation is 1. The maximum absolute atomic E-state index is 3.40. The molecule has 0 aliphatic rings. The minimum Gasteiger partial charge on any atom is -0.354 e. The smallest absolute Gasteiger partial charge is 0.0355 e. The lowest BCUT2D eigenvalue weighted by Crippen LogP contribution is -2.21. The third kappa shape index (κ3) is 4.85. The number of hydrogen-bond acceptors (Lipinski definition) is 1. The van der Waals surface area contributed by atoms with Crippen molar-refractivity contribution in [3.05, 3.63) is 24.0 Å². The molecule has 1 aromatic rings. The van der Waals surface area contributed by atoms with E-state index in [0.29, 0.717) is 17.4 Å². The molecular weight excluding hydrogens is 220 g/mol. The molecule has 0 fully saturated rings. The summed E-state index contributed by atoms with van der Waals surface area (Å²) in [5, 5.41) is 3.40. The van der Waals surface area contributed by atoms with Gasteiger partial charge in [0.1, 0.15) is 0 Å². The van der Waals surface area contributed by atoms with Crippen LogP contribution in [0.1, 0.15) is 59.1 Å². The van der Waals surface area contributed by atoms with Gasteiger partial charge in [-0.25, -0.2) is 0 Å². The zero-order valence-corrected chi connectivity index (χ0v) is 13.0. The molecule has 1 heterocycles. The average molecular weight is 250 g/mol. The molecule has 0 saturated carbocycles. The van der Waals surface area contributed by atoms with Crippen molar-refractivity contribution >= 4 is 0 Å². The van der Waals surface area contributed by atoms with Gasteiger partial charge in [-0.3, -0.25) is 0 Å². The Kier molecular flexibility index (Phi) is 5.46. The Labute approximate surface area is 113 Å². The molecule has 2 heteroatoms. The lowest BCUT2D eigenvalue weighted by atomic mass is 9.91. The van der Waals surface area contributed by atoms with Gasteiger partial charge in [0.25, 0.3) is 0 Å². The maximum atomic E-state index is 3.40. The molecule has 1 unspecified atom stereocenters. The molecule has 18 heavy (non-hydrogen) atoms. The van der Waals surface area contributed by atoms with Gasteiger partial charge in [-0.1, -0.05) is 34.6 Å². The molecule has 0 radical (unpaired) electrons. The summed E-state index contributed by atoms with van der Waals surface area (Å²) in [7, 11) is 2.04. The minimum atomic E-state index is 0.446. The number of nitrogens with one attached hydrogen (secondary N) is 1. The third-order valence-corrected chi connectivity index (χ3v) is 3.45. The zero-order chi connectivity index (χ0) is 13.8. The van der Waals surface area contributed by atoms with E-state index in [1.54, 1.807) is 0 Å². The van der Waals surface area contributed by atoms with Gasteiger partial charge in [0.05, 0.1) is 0 Å². The predicted octanol–water partition coefficient (Wildman–Crippen LogP) is 4.23. The first-order valence-electron chi connectivity index (χ1n) is 7.16. The summed E-state index contributed by atoms with van der Waals surface area (Å²) < 4.78 is 2.33. The molecule has 0 saturated heterocycles. The molecule has 2 nitrogen and oxygen atoms in total. The highest BCUT2D eigenvalue weighted by molar-refractivity contribution is 5.16. The van der Waals surface area contributed by atoms with Crippen LogP contribution >= 0.6 is 0 Å². The Morgan fingerprint density at radius 3 is 2.44 bits per heavy atom. The molecule has 1 rings (SSSR count). The van der Waals surface area contributed by atoms with E-state index >= 15 is 0 Å². The van der Waals surface area contributed by atoms with E-state index in [1.807, 2.05) is 7.05 Å². The van der Waals surface area contributed by atoms with Crippen LogP contribution in [0, 0.1) is 11.3 Å². The fraction of sp³-hybridized carbons (Fsp3) is 0.750. The topological polar surface area (TPSA) is 17.0 Å². The van der Waals surface area contributed by atoms with Crippen molar-refractivity contribution in [2.75, 3.05) is 7.05 Å². The SMILES string of the molecule is CNC(c1ccn(CCCC(C)(C)C)c1)C(C)C. The molecule has 0 spiro atoms. The first-order chi connectivity index (χ1) is 8.33. The number of nitrogens with zero attached hydrogens (tertiary/aromatic N) is 1. The van der Waals surface area contributed by atoms with E-state index in [0.717, 1.165) is 6.54 Å². The highest BCUT2D eigenvalue weighted by Crippen LogP contribution is 2.23. The third-order valence-electron chi connectivity index (χ3n) is 3.45. The second kappa shape index (κ2) is 6.42. The van der Waals surface area contributed by atoms with Crippen LogP contribution in [0.4, 0.5) is 0 Å². The van der Waals surface area contributed by atoms with Gasteiger partial charge in [0.2, 0.25) is 0 Å². The maximum Gasteiger partial charge on any atom is 0.0355 e. The van der Waals surface area contributed by atoms with E-state index in [-0.39, 0.29) is 0 Å². The summed E-state index contributed by atoms with van der Waals surface area (Å²) in [6.07, 6.45) is 7.04. The van der Waals surface area contributed by atoms with E-state index in [4.69, 9.17) is 0 Å². The second-order valence-electron chi connectivity index (χ2n) is 6.86. The normalized spacial score (nSPS) is 14.2. The van der Waals surface area contributed by atoms with Crippen LogP contribution in [0.3, 0.4) is 0 Å². The average Bonchev–Trinajstić information content (AvgIpc) is 2.65. The van der Waals surface area contributed by atoms with Gasteiger partial charge >= 0.3 is 0 Å². The molecule has 0 aromatic carbocycles. The van der Waals surface area contributed by atoms with Gasteiger partial charge in [0, 0.05) is 25.0 Å². The molecule has 0 amide bonds. The van der Waals surface area contributed by atoms with Crippen LogP contribution in [0.5, 0.6) is 0 Å². The van der Waals surface area contributed by atoms with Crippen molar-refractivity contribution in [1.82, 2.24) is 9.88 Å². The first-order valence-corrected chi connectivity index (χ1v) is 7.16. The molecular formula is C16H30N2. The van der Waals surface area contributed by atoms with Crippen LogP contribution in [0.2, 0.25) is 0 Å². The number of rotatable bonds is 6. The van der Waals surface area contributed by atoms with Crippen molar-refractivity contribution in [3.63, 3.8) is 0 Å². The summed E-state index contributed by atoms with van der Waals surface area (Å²) in [6, 6.07) is 2.71. The van der Waals surface area contributed by atoms with E-state index < -0.39 is 0 Å². The summed E-state index contributed by atoms with van der Waals surface area (Å²) >= 11 is 0. The predicted molar refractivity (Wildman–Crippen MR) is 79.8 cm³/mol. The quantitative estimate of drug-likeness (QED) is 0.799. The Bertz CT molecular complexity index is 344. The molecule has 0 aliphatic carbocycles. The van der Waals surface area contributed by atoms with Gasteiger partial charge < -0.3 is 9.88 Å². The standard InChI is InChI=1S/C16H30N2/c1-13(2)15(17-6)14-8-11-18(12-14)10-7-9-16(3,4)5/h8,11-13,15,17H,7,9-10H2,1-6H3. The molecule has 1 N–H and O–H groups in total. The lowest BCUT2D eigenvalue weighted by Gasteiger charge is -2.19.